The van der Waals surface area contributed by atoms with Crippen molar-refractivity contribution in [3.63, 3.8) is 0 Å². The summed E-state index contributed by atoms with van der Waals surface area (Å²) in [6, 6.07) is 1.71. The molecule has 1 saturated carbocycles. The zero-order valence-corrected chi connectivity index (χ0v) is 16.7. The second kappa shape index (κ2) is 9.05. The lowest BCUT2D eigenvalue weighted by molar-refractivity contribution is -0.149. The van der Waals surface area contributed by atoms with Crippen molar-refractivity contribution in [2.24, 2.45) is 11.8 Å². The van der Waals surface area contributed by atoms with E-state index >= 15 is 0 Å². The number of nitrogens with one attached hydrogen (secondary N) is 1. The lowest BCUT2D eigenvalue weighted by Gasteiger charge is -2.38. The van der Waals surface area contributed by atoms with Gasteiger partial charge in [-0.15, -0.1) is 0 Å². The molecule has 0 unspecified atom stereocenters. The molecule has 8 heteroatoms. The summed E-state index contributed by atoms with van der Waals surface area (Å²) in [6.45, 7) is 5.84. The van der Waals surface area contributed by atoms with Gasteiger partial charge >= 0.3 is 0 Å². The van der Waals surface area contributed by atoms with Gasteiger partial charge in [0, 0.05) is 38.4 Å². The number of amides is 1. The molecule has 1 amide bonds. The first-order valence-corrected chi connectivity index (χ1v) is 10.4. The van der Waals surface area contributed by atoms with E-state index in [0.29, 0.717) is 30.8 Å². The fraction of sp³-hybridized carbons (Fsp3) is 0.750. The van der Waals surface area contributed by atoms with E-state index in [1.165, 1.54) is 45.3 Å². The van der Waals surface area contributed by atoms with Crippen molar-refractivity contribution in [3.05, 3.63) is 12.3 Å². The number of rotatable bonds is 8. The maximum atomic E-state index is 12.3. The summed E-state index contributed by atoms with van der Waals surface area (Å²) < 4.78 is 10.8. The maximum absolute atomic E-state index is 12.3. The molecule has 154 valence electrons. The van der Waals surface area contributed by atoms with Crippen LogP contribution in [0.5, 0.6) is 5.88 Å². The van der Waals surface area contributed by atoms with Gasteiger partial charge in [-0.1, -0.05) is 0 Å². The first kappa shape index (κ1) is 19.4. The number of hydrogen-bond acceptors (Lipinski definition) is 7. The summed E-state index contributed by atoms with van der Waals surface area (Å²) in [6.07, 6.45) is 6.82. The summed E-state index contributed by atoms with van der Waals surface area (Å²) in [5.74, 6) is 2.70. The molecule has 2 saturated heterocycles. The third-order valence-electron chi connectivity index (χ3n) is 5.95. The van der Waals surface area contributed by atoms with Gasteiger partial charge in [-0.2, -0.15) is 4.98 Å². The molecule has 4 rings (SSSR count). The van der Waals surface area contributed by atoms with Gasteiger partial charge in [-0.3, -0.25) is 4.79 Å². The van der Waals surface area contributed by atoms with E-state index < -0.39 is 0 Å². The van der Waals surface area contributed by atoms with Crippen LogP contribution in [0.25, 0.3) is 0 Å². The third kappa shape index (κ3) is 5.32. The van der Waals surface area contributed by atoms with Crippen molar-refractivity contribution < 1.29 is 14.3 Å². The van der Waals surface area contributed by atoms with Crippen LogP contribution in [0.15, 0.2) is 12.3 Å². The number of likely N-dealkylation sites (tertiary alicyclic amines) is 1. The number of piperidine rings is 1. The molecule has 3 fully saturated rings. The van der Waals surface area contributed by atoms with Crippen molar-refractivity contribution in [1.29, 1.82) is 0 Å². The average Bonchev–Trinajstić information content (AvgIpc) is 3.54. The van der Waals surface area contributed by atoms with Gasteiger partial charge in [0.15, 0.2) is 0 Å². The minimum Gasteiger partial charge on any atom is -0.481 e. The zero-order chi connectivity index (χ0) is 19.3. The highest BCUT2D eigenvalue weighted by Gasteiger charge is 2.31. The molecular weight excluding hydrogens is 358 g/mol. The Balaban J connectivity index is 1.22. The number of carbonyl (C=O) groups excluding carboxylic acids is 1. The Morgan fingerprint density at radius 1 is 1.21 bits per heavy atom. The van der Waals surface area contributed by atoms with Crippen LogP contribution in [0.2, 0.25) is 0 Å². The fourth-order valence-corrected chi connectivity index (χ4v) is 4.06. The van der Waals surface area contributed by atoms with Crippen molar-refractivity contribution in [2.75, 3.05) is 58.3 Å². The molecule has 28 heavy (non-hydrogen) atoms. The summed E-state index contributed by atoms with van der Waals surface area (Å²) in [4.78, 5) is 25.4. The third-order valence-corrected chi connectivity index (χ3v) is 5.95. The van der Waals surface area contributed by atoms with E-state index in [9.17, 15) is 4.79 Å². The molecule has 0 radical (unpaired) electrons. The summed E-state index contributed by atoms with van der Waals surface area (Å²) >= 11 is 0. The smallest absolute Gasteiger partial charge is 0.248 e. The fourth-order valence-electron chi connectivity index (χ4n) is 4.06. The van der Waals surface area contributed by atoms with Gasteiger partial charge < -0.3 is 24.6 Å². The Kier molecular flexibility index (Phi) is 6.26. The highest BCUT2D eigenvalue weighted by molar-refractivity contribution is 5.78. The van der Waals surface area contributed by atoms with Gasteiger partial charge in [0.05, 0.1) is 13.2 Å². The number of carbonyl (C=O) groups is 1. The molecule has 1 N–H and O–H groups in total. The topological polar surface area (TPSA) is 79.8 Å². The second-order valence-electron chi connectivity index (χ2n) is 8.22. The number of ether oxygens (including phenoxy) is 2. The average molecular weight is 390 g/mol. The number of aromatic nitrogens is 2. The highest BCUT2D eigenvalue weighted by Crippen LogP contribution is 2.31. The lowest BCUT2D eigenvalue weighted by Crippen LogP contribution is -2.51. The molecule has 8 nitrogen and oxygen atoms in total. The maximum Gasteiger partial charge on any atom is 0.248 e. The van der Waals surface area contributed by atoms with E-state index in [1.807, 2.05) is 4.90 Å². The van der Waals surface area contributed by atoms with Crippen LogP contribution in [0.4, 0.5) is 5.95 Å². The molecule has 0 bridgehead atoms. The molecule has 0 spiro atoms. The van der Waals surface area contributed by atoms with Crippen LogP contribution < -0.4 is 10.1 Å². The number of nitrogens with zero attached hydrogens (tertiary/aromatic N) is 4. The predicted molar refractivity (Wildman–Crippen MR) is 105 cm³/mol. The Labute approximate surface area is 166 Å². The minimum absolute atomic E-state index is 0.0533. The zero-order valence-electron chi connectivity index (χ0n) is 16.7. The monoisotopic (exact) mass is 389 g/mol. The summed E-state index contributed by atoms with van der Waals surface area (Å²) in [7, 11) is 1.58. The first-order chi connectivity index (χ1) is 13.7. The van der Waals surface area contributed by atoms with E-state index in [2.05, 4.69) is 20.2 Å². The van der Waals surface area contributed by atoms with Gasteiger partial charge in [-0.25, -0.2) is 4.98 Å². The molecule has 1 aromatic heterocycles. The number of morpholine rings is 1. The van der Waals surface area contributed by atoms with Crippen LogP contribution >= 0.6 is 0 Å². The quantitative estimate of drug-likeness (QED) is 0.717. The molecule has 3 heterocycles. The van der Waals surface area contributed by atoms with E-state index in [1.54, 1.807) is 19.4 Å². The lowest BCUT2D eigenvalue weighted by atomic mass is 9.95. The standard InChI is InChI=1S/C20H31N5O3/c1-27-18-4-7-21-20(23-18)22-10-17-13-25(19(26)14-28-17)12-16-5-8-24(9-6-16)11-15-2-3-15/h4,7,15-17H,2-3,5-6,8-14H2,1H3,(H,21,22,23)/t17-/m0/s1. The summed E-state index contributed by atoms with van der Waals surface area (Å²) in [5, 5.41) is 3.19. The SMILES string of the molecule is COc1ccnc(NC[C@H]2CN(CC3CCN(CC4CC4)CC3)C(=O)CO2)n1. The number of hydrogen-bond donors (Lipinski definition) is 1. The second-order valence-corrected chi connectivity index (χ2v) is 8.22. The predicted octanol–water partition coefficient (Wildman–Crippen LogP) is 1.25. The molecule has 3 aliphatic rings. The Hall–Kier alpha value is -1.93. The van der Waals surface area contributed by atoms with Crippen LogP contribution in [-0.2, 0) is 9.53 Å². The van der Waals surface area contributed by atoms with Crippen molar-refractivity contribution in [3.8, 4) is 5.88 Å². The Morgan fingerprint density at radius 3 is 2.75 bits per heavy atom. The van der Waals surface area contributed by atoms with Crippen LogP contribution in [0.1, 0.15) is 25.7 Å². The van der Waals surface area contributed by atoms with Gasteiger partial charge in [0.25, 0.3) is 0 Å². The molecule has 1 aromatic rings. The van der Waals surface area contributed by atoms with Gasteiger partial charge in [-0.05, 0) is 50.6 Å². The molecule has 0 aromatic carbocycles. The Bertz CT molecular complexity index is 661. The summed E-state index contributed by atoms with van der Waals surface area (Å²) in [5.41, 5.74) is 0. The largest absolute Gasteiger partial charge is 0.481 e. The molecule has 1 atom stereocenters. The Morgan fingerprint density at radius 2 is 2.00 bits per heavy atom. The molecule has 1 aliphatic carbocycles. The first-order valence-electron chi connectivity index (χ1n) is 10.4. The van der Waals surface area contributed by atoms with E-state index in [-0.39, 0.29) is 18.6 Å². The van der Waals surface area contributed by atoms with Gasteiger partial charge in [0.1, 0.15) is 6.61 Å². The normalized spacial score (nSPS) is 24.4. The van der Waals surface area contributed by atoms with Crippen LogP contribution in [0.3, 0.4) is 0 Å². The van der Waals surface area contributed by atoms with Crippen LogP contribution in [0, 0.1) is 11.8 Å². The van der Waals surface area contributed by atoms with E-state index in [0.717, 1.165) is 12.5 Å². The molecule has 2 aliphatic heterocycles. The van der Waals surface area contributed by atoms with Crippen molar-refractivity contribution in [2.45, 2.75) is 31.8 Å². The van der Waals surface area contributed by atoms with E-state index in [4.69, 9.17) is 9.47 Å². The van der Waals surface area contributed by atoms with Crippen molar-refractivity contribution in [1.82, 2.24) is 19.8 Å². The van der Waals surface area contributed by atoms with Gasteiger partial charge in [0.2, 0.25) is 17.7 Å². The van der Waals surface area contributed by atoms with Crippen molar-refractivity contribution >= 4 is 11.9 Å². The number of methoxy groups -OCH3 is 1. The van der Waals surface area contributed by atoms with Crippen LogP contribution in [-0.4, -0.2) is 84.8 Å². The minimum atomic E-state index is -0.0533. The number of anilines is 1. The highest BCUT2D eigenvalue weighted by atomic mass is 16.5. The molecular formula is C20H31N5O3.